The second kappa shape index (κ2) is 7.12. The minimum atomic E-state index is -0.455. The smallest absolute Gasteiger partial charge is 0.257 e. The van der Waals surface area contributed by atoms with Crippen molar-refractivity contribution in [3.05, 3.63) is 58.6 Å². The summed E-state index contributed by atoms with van der Waals surface area (Å²) in [6, 6.07) is 7.95. The molecule has 1 aromatic carbocycles. The van der Waals surface area contributed by atoms with E-state index in [0.717, 1.165) is 18.5 Å². The molecule has 0 radical (unpaired) electrons. The van der Waals surface area contributed by atoms with E-state index in [2.05, 4.69) is 15.3 Å². The van der Waals surface area contributed by atoms with E-state index < -0.39 is 5.82 Å². The lowest BCUT2D eigenvalue weighted by Gasteiger charge is -2.19. The quantitative estimate of drug-likeness (QED) is 0.710. The molecule has 5 nitrogen and oxygen atoms in total. The summed E-state index contributed by atoms with van der Waals surface area (Å²) in [5, 5.41) is 4.12. The van der Waals surface area contributed by atoms with Gasteiger partial charge in [-0.3, -0.25) is 4.79 Å². The molecule has 1 amide bonds. The number of rotatable bonds is 3. The van der Waals surface area contributed by atoms with E-state index in [1.165, 1.54) is 24.4 Å². The SMILES string of the molecule is Cc1ccc2c(Nc3cc(Cl)ccc3F)c(C(=O)N3CCCC3)cnc2n1. The number of benzene rings is 1. The molecule has 0 saturated carbocycles. The molecule has 1 aliphatic heterocycles. The number of aromatic nitrogens is 2. The maximum absolute atomic E-state index is 14.3. The largest absolute Gasteiger partial charge is 0.352 e. The lowest BCUT2D eigenvalue weighted by Crippen LogP contribution is -2.28. The van der Waals surface area contributed by atoms with Crippen molar-refractivity contribution in [3.63, 3.8) is 0 Å². The minimum absolute atomic E-state index is 0.118. The van der Waals surface area contributed by atoms with Gasteiger partial charge < -0.3 is 10.2 Å². The molecular weight excluding hydrogens is 367 g/mol. The summed E-state index contributed by atoms with van der Waals surface area (Å²) < 4.78 is 14.3. The van der Waals surface area contributed by atoms with Gasteiger partial charge in [-0.25, -0.2) is 14.4 Å². The van der Waals surface area contributed by atoms with Gasteiger partial charge in [-0.2, -0.15) is 0 Å². The van der Waals surface area contributed by atoms with Crippen LogP contribution in [0.5, 0.6) is 0 Å². The number of nitrogens with one attached hydrogen (secondary N) is 1. The molecule has 0 bridgehead atoms. The van der Waals surface area contributed by atoms with Gasteiger partial charge in [0, 0.05) is 35.4 Å². The van der Waals surface area contributed by atoms with Gasteiger partial charge in [0.25, 0.3) is 5.91 Å². The molecule has 2 aromatic heterocycles. The lowest BCUT2D eigenvalue weighted by molar-refractivity contribution is 0.0793. The van der Waals surface area contributed by atoms with Crippen molar-refractivity contribution in [2.75, 3.05) is 18.4 Å². The van der Waals surface area contributed by atoms with E-state index in [1.807, 2.05) is 19.1 Å². The van der Waals surface area contributed by atoms with Crippen LogP contribution in [-0.4, -0.2) is 33.9 Å². The molecule has 1 fully saturated rings. The van der Waals surface area contributed by atoms with Crippen molar-refractivity contribution in [1.82, 2.24) is 14.9 Å². The molecule has 1 aliphatic rings. The number of halogens is 2. The van der Waals surface area contributed by atoms with Gasteiger partial charge in [0.1, 0.15) is 5.82 Å². The van der Waals surface area contributed by atoms with Gasteiger partial charge in [-0.1, -0.05) is 11.6 Å². The van der Waals surface area contributed by atoms with Gasteiger partial charge in [-0.15, -0.1) is 0 Å². The van der Waals surface area contributed by atoms with E-state index in [1.54, 1.807) is 4.90 Å². The monoisotopic (exact) mass is 384 g/mol. The topological polar surface area (TPSA) is 58.1 Å². The number of nitrogens with zero attached hydrogens (tertiary/aromatic N) is 3. The first-order chi connectivity index (χ1) is 13.0. The predicted molar refractivity (Wildman–Crippen MR) is 104 cm³/mol. The van der Waals surface area contributed by atoms with Crippen LogP contribution in [0.4, 0.5) is 15.8 Å². The minimum Gasteiger partial charge on any atom is -0.352 e. The summed E-state index contributed by atoms with van der Waals surface area (Å²) in [7, 11) is 0. The Bertz CT molecular complexity index is 1030. The zero-order valence-electron chi connectivity index (χ0n) is 14.8. The third kappa shape index (κ3) is 3.45. The zero-order valence-corrected chi connectivity index (χ0v) is 15.6. The molecule has 27 heavy (non-hydrogen) atoms. The highest BCUT2D eigenvalue weighted by molar-refractivity contribution is 6.30. The Morgan fingerprint density at radius 1 is 1.22 bits per heavy atom. The van der Waals surface area contributed by atoms with E-state index in [4.69, 9.17) is 11.6 Å². The highest BCUT2D eigenvalue weighted by Crippen LogP contribution is 2.32. The van der Waals surface area contributed by atoms with Crippen molar-refractivity contribution in [1.29, 1.82) is 0 Å². The van der Waals surface area contributed by atoms with Crippen LogP contribution < -0.4 is 5.32 Å². The van der Waals surface area contributed by atoms with Gasteiger partial charge >= 0.3 is 0 Å². The third-order valence-corrected chi connectivity index (χ3v) is 4.92. The maximum atomic E-state index is 14.3. The number of carbonyl (C=O) groups is 1. The molecule has 0 spiro atoms. The van der Waals surface area contributed by atoms with Crippen molar-refractivity contribution >= 4 is 39.9 Å². The number of pyridine rings is 2. The van der Waals surface area contributed by atoms with Gasteiger partial charge in [0.05, 0.1) is 16.9 Å². The van der Waals surface area contributed by atoms with E-state index in [-0.39, 0.29) is 11.6 Å². The van der Waals surface area contributed by atoms with Crippen LogP contribution in [0.3, 0.4) is 0 Å². The number of fused-ring (bicyclic) bond motifs is 1. The fourth-order valence-corrected chi connectivity index (χ4v) is 3.46. The lowest BCUT2D eigenvalue weighted by atomic mass is 10.1. The number of aryl methyl sites for hydroxylation is 1. The molecule has 3 aromatic rings. The second-order valence-corrected chi connectivity index (χ2v) is 7.06. The summed E-state index contributed by atoms with van der Waals surface area (Å²) in [6.07, 6.45) is 3.48. The molecule has 4 rings (SSSR count). The zero-order chi connectivity index (χ0) is 19.0. The Morgan fingerprint density at radius 3 is 2.78 bits per heavy atom. The highest BCUT2D eigenvalue weighted by Gasteiger charge is 2.24. The van der Waals surface area contributed by atoms with Crippen LogP contribution in [0.1, 0.15) is 28.9 Å². The normalized spacial score (nSPS) is 14.0. The molecule has 3 heterocycles. The van der Waals surface area contributed by atoms with Crippen LogP contribution in [0.15, 0.2) is 36.5 Å². The molecule has 7 heteroatoms. The van der Waals surface area contributed by atoms with Gasteiger partial charge in [0.2, 0.25) is 0 Å². The highest BCUT2D eigenvalue weighted by atomic mass is 35.5. The van der Waals surface area contributed by atoms with E-state index in [9.17, 15) is 9.18 Å². The third-order valence-electron chi connectivity index (χ3n) is 4.68. The van der Waals surface area contributed by atoms with Crippen LogP contribution in [0.2, 0.25) is 5.02 Å². The van der Waals surface area contributed by atoms with Crippen LogP contribution >= 0.6 is 11.6 Å². The van der Waals surface area contributed by atoms with Gasteiger partial charge in [-0.05, 0) is 50.1 Å². The van der Waals surface area contributed by atoms with Crippen LogP contribution in [0.25, 0.3) is 11.0 Å². The molecule has 138 valence electrons. The van der Waals surface area contributed by atoms with E-state index in [0.29, 0.717) is 40.4 Å². The first-order valence-corrected chi connectivity index (χ1v) is 9.18. The number of carbonyl (C=O) groups excluding carboxylic acids is 1. The van der Waals surface area contributed by atoms with Crippen LogP contribution in [-0.2, 0) is 0 Å². The number of likely N-dealkylation sites (tertiary alicyclic amines) is 1. The average Bonchev–Trinajstić information content (AvgIpc) is 3.19. The maximum Gasteiger partial charge on any atom is 0.257 e. The van der Waals surface area contributed by atoms with Crippen molar-refractivity contribution in [2.24, 2.45) is 0 Å². The summed E-state index contributed by atoms with van der Waals surface area (Å²) in [5.41, 5.74) is 2.40. The Hall–Kier alpha value is -2.73. The Morgan fingerprint density at radius 2 is 2.00 bits per heavy atom. The molecule has 0 unspecified atom stereocenters. The Balaban J connectivity index is 1.87. The fraction of sp³-hybridized carbons (Fsp3) is 0.250. The number of hydrogen-bond donors (Lipinski definition) is 1. The number of amides is 1. The van der Waals surface area contributed by atoms with E-state index >= 15 is 0 Å². The first kappa shape index (κ1) is 17.7. The summed E-state index contributed by atoms with van der Waals surface area (Å²) >= 11 is 6.02. The van der Waals surface area contributed by atoms with Crippen molar-refractivity contribution in [3.8, 4) is 0 Å². The Kier molecular flexibility index (Phi) is 4.66. The van der Waals surface area contributed by atoms with Crippen molar-refractivity contribution < 1.29 is 9.18 Å². The average molecular weight is 385 g/mol. The number of hydrogen-bond acceptors (Lipinski definition) is 4. The summed E-state index contributed by atoms with van der Waals surface area (Å²) in [5.74, 6) is -0.573. The predicted octanol–water partition coefficient (Wildman–Crippen LogP) is 4.71. The molecule has 1 N–H and O–H groups in total. The van der Waals surface area contributed by atoms with Gasteiger partial charge in [0.15, 0.2) is 5.65 Å². The van der Waals surface area contributed by atoms with Crippen LogP contribution in [0, 0.1) is 12.7 Å². The molecule has 0 atom stereocenters. The number of anilines is 2. The fourth-order valence-electron chi connectivity index (χ4n) is 3.29. The standard InChI is InChI=1S/C20H18ClFN4O/c1-12-4-6-14-18(25-17-10-13(21)5-7-16(17)22)15(11-23-19(14)24-12)20(27)26-8-2-3-9-26/h4-7,10-11H,2-3,8-9H2,1H3,(H,23,24,25). The summed E-state index contributed by atoms with van der Waals surface area (Å²) in [6.45, 7) is 3.30. The molecule has 1 saturated heterocycles. The second-order valence-electron chi connectivity index (χ2n) is 6.62. The summed E-state index contributed by atoms with van der Waals surface area (Å²) in [4.78, 5) is 23.6. The molecule has 0 aliphatic carbocycles. The first-order valence-electron chi connectivity index (χ1n) is 8.80. The molecular formula is C20H18ClFN4O. The Labute approximate surface area is 161 Å². The van der Waals surface area contributed by atoms with Crippen molar-refractivity contribution in [2.45, 2.75) is 19.8 Å².